The van der Waals surface area contributed by atoms with E-state index in [2.05, 4.69) is 10.3 Å². The lowest BCUT2D eigenvalue weighted by molar-refractivity contribution is 0.588. The molecule has 0 saturated heterocycles. The molecule has 6 heteroatoms. The first kappa shape index (κ1) is 13.2. The number of nitrogens with one attached hydrogen (secondary N) is 1. The van der Waals surface area contributed by atoms with Crippen LogP contribution in [0.5, 0.6) is 0 Å². The van der Waals surface area contributed by atoms with Crippen LogP contribution in [0.3, 0.4) is 0 Å². The number of rotatable bonds is 7. The zero-order valence-electron chi connectivity index (χ0n) is 9.81. The van der Waals surface area contributed by atoms with Gasteiger partial charge in [0.15, 0.2) is 9.84 Å². The van der Waals surface area contributed by atoms with Crippen molar-refractivity contribution in [3.05, 3.63) is 18.2 Å². The van der Waals surface area contributed by atoms with Crippen LogP contribution in [-0.2, 0) is 22.9 Å². The maximum absolute atomic E-state index is 11.2. The lowest BCUT2D eigenvalue weighted by atomic mass is 10.4. The minimum absolute atomic E-state index is 0.198. The molecule has 0 bridgehead atoms. The van der Waals surface area contributed by atoms with Gasteiger partial charge in [-0.05, 0) is 6.92 Å². The van der Waals surface area contributed by atoms with Gasteiger partial charge in [0, 0.05) is 31.6 Å². The Kier molecular flexibility index (Phi) is 4.95. The molecule has 0 aliphatic carbocycles. The maximum atomic E-state index is 11.2. The van der Waals surface area contributed by atoms with E-state index >= 15 is 0 Å². The van der Waals surface area contributed by atoms with Gasteiger partial charge in [0.2, 0.25) is 0 Å². The summed E-state index contributed by atoms with van der Waals surface area (Å²) in [6.45, 7) is 5.75. The average Bonchev–Trinajstić information content (AvgIpc) is 2.72. The van der Waals surface area contributed by atoms with Crippen molar-refractivity contribution in [3.63, 3.8) is 0 Å². The number of hydrogen-bond acceptors (Lipinski definition) is 4. The Morgan fingerprint density at radius 3 is 2.81 bits per heavy atom. The predicted octanol–water partition coefficient (Wildman–Crippen LogP) is 0.427. The second-order valence-corrected chi connectivity index (χ2v) is 6.06. The molecule has 0 unspecified atom stereocenters. The minimum Gasteiger partial charge on any atom is -0.334 e. The molecule has 0 amide bonds. The fourth-order valence-electron chi connectivity index (χ4n) is 1.37. The van der Waals surface area contributed by atoms with Gasteiger partial charge in [-0.15, -0.1) is 0 Å². The first-order valence-corrected chi connectivity index (χ1v) is 7.31. The number of nitrogens with zero attached hydrogens (tertiary/aromatic N) is 2. The van der Waals surface area contributed by atoms with E-state index in [1.54, 1.807) is 19.4 Å². The summed E-state index contributed by atoms with van der Waals surface area (Å²) in [5, 5.41) is 3.11. The first-order valence-electron chi connectivity index (χ1n) is 5.49. The molecule has 16 heavy (non-hydrogen) atoms. The second-order valence-electron chi connectivity index (χ2n) is 3.58. The SMILES string of the molecule is CCn1cncc1CNCCS(=O)(=O)CC. The van der Waals surface area contributed by atoms with E-state index < -0.39 is 9.84 Å². The van der Waals surface area contributed by atoms with Crippen molar-refractivity contribution >= 4 is 9.84 Å². The van der Waals surface area contributed by atoms with E-state index in [1.807, 2.05) is 11.5 Å². The van der Waals surface area contributed by atoms with Gasteiger partial charge in [0.25, 0.3) is 0 Å². The highest BCUT2D eigenvalue weighted by molar-refractivity contribution is 7.91. The molecule has 0 atom stereocenters. The number of hydrogen-bond donors (Lipinski definition) is 1. The van der Waals surface area contributed by atoms with Gasteiger partial charge in [-0.25, -0.2) is 13.4 Å². The van der Waals surface area contributed by atoms with E-state index in [-0.39, 0.29) is 11.5 Å². The molecule has 0 fully saturated rings. The normalized spacial score (nSPS) is 11.9. The van der Waals surface area contributed by atoms with Crippen molar-refractivity contribution in [2.45, 2.75) is 26.9 Å². The second kappa shape index (κ2) is 6.00. The molecule has 1 aromatic rings. The fourth-order valence-corrected chi connectivity index (χ4v) is 2.11. The Bertz CT molecular complexity index is 411. The monoisotopic (exact) mass is 245 g/mol. The highest BCUT2D eigenvalue weighted by atomic mass is 32.2. The van der Waals surface area contributed by atoms with Gasteiger partial charge in [-0.2, -0.15) is 0 Å². The molecule has 0 aliphatic rings. The van der Waals surface area contributed by atoms with Crippen LogP contribution in [0, 0.1) is 0 Å². The van der Waals surface area contributed by atoms with Gasteiger partial charge in [0.05, 0.1) is 17.8 Å². The number of aryl methyl sites for hydroxylation is 1. The van der Waals surface area contributed by atoms with Crippen molar-refractivity contribution in [1.29, 1.82) is 0 Å². The molecule has 0 saturated carbocycles. The summed E-state index contributed by atoms with van der Waals surface area (Å²) in [6.07, 6.45) is 3.57. The predicted molar refractivity (Wildman–Crippen MR) is 63.9 cm³/mol. The number of aromatic nitrogens is 2. The molecular formula is C10H19N3O2S. The zero-order chi connectivity index (χ0) is 12.0. The molecule has 1 rings (SSSR count). The third-order valence-corrected chi connectivity index (χ3v) is 4.18. The molecule has 5 nitrogen and oxygen atoms in total. The summed E-state index contributed by atoms with van der Waals surface area (Å²) in [7, 11) is -2.86. The third-order valence-electron chi connectivity index (χ3n) is 2.47. The quantitative estimate of drug-likeness (QED) is 0.707. The van der Waals surface area contributed by atoms with E-state index in [4.69, 9.17) is 0 Å². The summed E-state index contributed by atoms with van der Waals surface area (Å²) in [6, 6.07) is 0. The summed E-state index contributed by atoms with van der Waals surface area (Å²) >= 11 is 0. The van der Waals surface area contributed by atoms with Crippen molar-refractivity contribution in [1.82, 2.24) is 14.9 Å². The number of sulfone groups is 1. The van der Waals surface area contributed by atoms with E-state index in [0.717, 1.165) is 12.2 Å². The van der Waals surface area contributed by atoms with E-state index in [1.165, 1.54) is 0 Å². The topological polar surface area (TPSA) is 64.0 Å². The Morgan fingerprint density at radius 1 is 1.44 bits per heavy atom. The average molecular weight is 245 g/mol. The van der Waals surface area contributed by atoms with Gasteiger partial charge in [-0.3, -0.25) is 0 Å². The molecule has 92 valence electrons. The van der Waals surface area contributed by atoms with E-state index in [9.17, 15) is 8.42 Å². The Morgan fingerprint density at radius 2 is 2.19 bits per heavy atom. The van der Waals surface area contributed by atoms with Gasteiger partial charge in [0.1, 0.15) is 0 Å². The smallest absolute Gasteiger partial charge is 0.151 e. The molecule has 0 spiro atoms. The molecule has 1 heterocycles. The summed E-state index contributed by atoms with van der Waals surface area (Å²) in [5.41, 5.74) is 1.08. The van der Waals surface area contributed by atoms with Crippen LogP contribution in [0.4, 0.5) is 0 Å². The van der Waals surface area contributed by atoms with Crippen molar-refractivity contribution in [2.24, 2.45) is 0 Å². The fraction of sp³-hybridized carbons (Fsp3) is 0.700. The maximum Gasteiger partial charge on any atom is 0.151 e. The Balaban J connectivity index is 2.31. The van der Waals surface area contributed by atoms with Crippen LogP contribution in [0.1, 0.15) is 19.5 Å². The zero-order valence-corrected chi connectivity index (χ0v) is 10.6. The lowest BCUT2D eigenvalue weighted by Gasteiger charge is -2.06. The summed E-state index contributed by atoms with van der Waals surface area (Å²) < 4.78 is 24.5. The number of imidazole rings is 1. The molecule has 0 aliphatic heterocycles. The van der Waals surface area contributed by atoms with E-state index in [0.29, 0.717) is 13.1 Å². The largest absolute Gasteiger partial charge is 0.334 e. The third kappa shape index (κ3) is 3.94. The lowest BCUT2D eigenvalue weighted by Crippen LogP contribution is -2.24. The molecule has 1 aromatic heterocycles. The van der Waals surface area contributed by atoms with Crippen LogP contribution in [0.25, 0.3) is 0 Å². The van der Waals surface area contributed by atoms with Gasteiger partial charge in [-0.1, -0.05) is 6.92 Å². The molecule has 0 radical (unpaired) electrons. The van der Waals surface area contributed by atoms with Crippen LogP contribution >= 0.6 is 0 Å². The van der Waals surface area contributed by atoms with Crippen molar-refractivity contribution in [2.75, 3.05) is 18.1 Å². The molecular weight excluding hydrogens is 226 g/mol. The van der Waals surface area contributed by atoms with Gasteiger partial charge < -0.3 is 9.88 Å². The van der Waals surface area contributed by atoms with Crippen LogP contribution < -0.4 is 5.32 Å². The standard InChI is InChI=1S/C10H19N3O2S/c1-3-13-9-12-8-10(13)7-11-5-6-16(14,15)4-2/h8-9,11H,3-7H2,1-2H3. The van der Waals surface area contributed by atoms with Crippen LogP contribution in [0.2, 0.25) is 0 Å². The summed E-state index contributed by atoms with van der Waals surface area (Å²) in [5.74, 6) is 0.408. The Labute approximate surface area is 96.8 Å². The molecule has 0 aromatic carbocycles. The highest BCUT2D eigenvalue weighted by Crippen LogP contribution is 1.98. The minimum atomic E-state index is -2.86. The van der Waals surface area contributed by atoms with Crippen molar-refractivity contribution < 1.29 is 8.42 Å². The summed E-state index contributed by atoms with van der Waals surface area (Å²) in [4.78, 5) is 4.04. The Hall–Kier alpha value is -0.880. The van der Waals surface area contributed by atoms with Crippen molar-refractivity contribution in [3.8, 4) is 0 Å². The molecule has 1 N–H and O–H groups in total. The highest BCUT2D eigenvalue weighted by Gasteiger charge is 2.06. The van der Waals surface area contributed by atoms with Crippen LogP contribution in [0.15, 0.2) is 12.5 Å². The van der Waals surface area contributed by atoms with Gasteiger partial charge >= 0.3 is 0 Å². The first-order chi connectivity index (χ1) is 7.59. The van der Waals surface area contributed by atoms with Crippen LogP contribution in [-0.4, -0.2) is 36.0 Å².